The molecule has 0 aliphatic heterocycles. The first kappa shape index (κ1) is 17.3. The highest BCUT2D eigenvalue weighted by molar-refractivity contribution is 6.11. The van der Waals surface area contributed by atoms with Gasteiger partial charge in [0.1, 0.15) is 16.8 Å². The van der Waals surface area contributed by atoms with Crippen LogP contribution >= 0.6 is 0 Å². The van der Waals surface area contributed by atoms with Crippen molar-refractivity contribution in [2.45, 2.75) is 6.92 Å². The largest absolute Gasteiger partial charge is 0.422 e. The molecule has 8 nitrogen and oxygen atoms in total. The number of amides is 1. The Morgan fingerprint density at radius 2 is 1.89 bits per heavy atom. The van der Waals surface area contributed by atoms with Gasteiger partial charge in [-0.2, -0.15) is 0 Å². The van der Waals surface area contributed by atoms with Crippen molar-refractivity contribution >= 4 is 39.2 Å². The second kappa shape index (κ2) is 6.58. The number of benzene rings is 2. The van der Waals surface area contributed by atoms with Gasteiger partial charge in [0.05, 0.1) is 10.6 Å². The summed E-state index contributed by atoms with van der Waals surface area (Å²) in [5.41, 5.74) is 0.550. The van der Waals surface area contributed by atoms with Gasteiger partial charge in [-0.05, 0) is 12.1 Å². The summed E-state index contributed by atoms with van der Waals surface area (Å²) in [4.78, 5) is 39.2. The number of nitrogens with one attached hydrogen (secondary N) is 1. The molecule has 0 saturated carbocycles. The first-order valence-corrected chi connectivity index (χ1v) is 8.33. The van der Waals surface area contributed by atoms with E-state index in [1.165, 1.54) is 19.1 Å². The third-order valence-corrected chi connectivity index (χ3v) is 4.25. The summed E-state index contributed by atoms with van der Waals surface area (Å²) in [5.74, 6) is -0.358. The number of anilines is 1. The molecule has 0 aliphatic carbocycles. The van der Waals surface area contributed by atoms with Crippen molar-refractivity contribution in [1.29, 1.82) is 0 Å². The third-order valence-electron chi connectivity index (χ3n) is 4.25. The van der Waals surface area contributed by atoms with Crippen LogP contribution in [0.4, 0.5) is 11.5 Å². The Balaban J connectivity index is 2.10. The minimum atomic E-state index is -0.629. The molecule has 2 heterocycles. The number of para-hydroxylation sites is 1. The molecular weight excluding hydrogens is 362 g/mol. The van der Waals surface area contributed by atoms with E-state index in [1.807, 2.05) is 0 Å². The number of fused-ring (bicyclic) bond motifs is 3. The molecule has 0 bridgehead atoms. The molecule has 1 N–H and O–H groups in total. The maximum atomic E-state index is 12.5. The molecule has 8 heteroatoms. The number of non-ortho nitro benzene ring substituents is 1. The Morgan fingerprint density at radius 1 is 1.11 bits per heavy atom. The average molecular weight is 375 g/mol. The number of nitrogens with zero attached hydrogens (tertiary/aromatic N) is 2. The molecule has 1 amide bonds. The van der Waals surface area contributed by atoms with Gasteiger partial charge in [0.2, 0.25) is 5.91 Å². The molecule has 0 atom stereocenters. The van der Waals surface area contributed by atoms with Crippen LogP contribution in [-0.4, -0.2) is 15.8 Å². The van der Waals surface area contributed by atoms with Crippen LogP contribution in [0.15, 0.2) is 63.8 Å². The highest BCUT2D eigenvalue weighted by Crippen LogP contribution is 2.32. The maximum Gasteiger partial charge on any atom is 0.347 e. The van der Waals surface area contributed by atoms with Crippen molar-refractivity contribution in [2.75, 3.05) is 5.32 Å². The van der Waals surface area contributed by atoms with E-state index in [0.717, 1.165) is 0 Å². The van der Waals surface area contributed by atoms with Crippen LogP contribution in [0, 0.1) is 10.1 Å². The lowest BCUT2D eigenvalue weighted by Gasteiger charge is -2.11. The van der Waals surface area contributed by atoms with Crippen LogP contribution in [-0.2, 0) is 4.79 Å². The normalized spacial score (nSPS) is 10.9. The molecule has 4 rings (SSSR count). The van der Waals surface area contributed by atoms with Crippen molar-refractivity contribution in [3.05, 3.63) is 75.1 Å². The fourth-order valence-corrected chi connectivity index (χ4v) is 3.08. The molecule has 4 aromatic rings. The first-order chi connectivity index (χ1) is 13.4. The van der Waals surface area contributed by atoms with E-state index in [1.54, 1.807) is 42.5 Å². The lowest BCUT2D eigenvalue weighted by atomic mass is 10.0. The Labute approximate surface area is 157 Å². The summed E-state index contributed by atoms with van der Waals surface area (Å²) >= 11 is 0. The molecule has 138 valence electrons. The zero-order chi connectivity index (χ0) is 19.8. The second-order valence-corrected chi connectivity index (χ2v) is 6.15. The van der Waals surface area contributed by atoms with Gasteiger partial charge in [-0.3, -0.25) is 14.9 Å². The molecule has 0 radical (unpaired) electrons. The molecule has 0 saturated heterocycles. The quantitative estimate of drug-likeness (QED) is 0.251. The zero-order valence-corrected chi connectivity index (χ0v) is 14.6. The zero-order valence-electron chi connectivity index (χ0n) is 14.6. The Bertz CT molecular complexity index is 1330. The van der Waals surface area contributed by atoms with Crippen LogP contribution in [0.3, 0.4) is 0 Å². The molecule has 2 aromatic heterocycles. The van der Waals surface area contributed by atoms with E-state index in [0.29, 0.717) is 27.6 Å². The first-order valence-electron chi connectivity index (χ1n) is 8.33. The van der Waals surface area contributed by atoms with Crippen molar-refractivity contribution < 1.29 is 14.1 Å². The minimum absolute atomic E-state index is 0.0472. The van der Waals surface area contributed by atoms with Gasteiger partial charge in [-0.15, -0.1) is 0 Å². The van der Waals surface area contributed by atoms with E-state index in [9.17, 15) is 19.7 Å². The highest BCUT2D eigenvalue weighted by atomic mass is 16.6. The lowest BCUT2D eigenvalue weighted by molar-refractivity contribution is -0.384. The van der Waals surface area contributed by atoms with E-state index in [2.05, 4.69) is 10.3 Å². The maximum absolute atomic E-state index is 12.5. The molecular formula is C20H13N3O5. The Morgan fingerprint density at radius 3 is 2.64 bits per heavy atom. The fraction of sp³-hybridized carbons (Fsp3) is 0.0500. The number of pyridine rings is 1. The second-order valence-electron chi connectivity index (χ2n) is 6.15. The summed E-state index contributed by atoms with van der Waals surface area (Å²) in [7, 11) is 0. The van der Waals surface area contributed by atoms with E-state index in [4.69, 9.17) is 4.42 Å². The number of rotatable bonds is 3. The number of nitro benzene ring substituents is 1. The van der Waals surface area contributed by atoms with Crippen LogP contribution in [0.25, 0.3) is 33.0 Å². The third kappa shape index (κ3) is 2.96. The van der Waals surface area contributed by atoms with Crippen molar-refractivity contribution in [1.82, 2.24) is 4.98 Å². The number of hydrogen-bond acceptors (Lipinski definition) is 6. The van der Waals surface area contributed by atoms with Crippen LogP contribution in [0.2, 0.25) is 0 Å². The number of nitro groups is 1. The molecule has 0 unspecified atom stereocenters. The number of aromatic nitrogens is 1. The van der Waals surface area contributed by atoms with Crippen molar-refractivity contribution in [2.24, 2.45) is 0 Å². The molecule has 0 fully saturated rings. The predicted molar refractivity (Wildman–Crippen MR) is 104 cm³/mol. The smallest absolute Gasteiger partial charge is 0.347 e. The van der Waals surface area contributed by atoms with E-state index in [-0.39, 0.29) is 16.9 Å². The van der Waals surface area contributed by atoms with E-state index >= 15 is 0 Å². The standard InChI is InChI=1S/C20H13N3O5/c1-11(24)21-19-18-15(14-7-2-3-8-17(14)28-20(18)25)10-16(22-19)12-5-4-6-13(9-12)23(26)27/h2-10H,1H3,(H,21,22,24). The molecule has 2 aromatic carbocycles. The van der Waals surface area contributed by atoms with Crippen LogP contribution < -0.4 is 10.9 Å². The van der Waals surface area contributed by atoms with Crippen molar-refractivity contribution in [3.63, 3.8) is 0 Å². The number of carbonyl (C=O) groups excluding carboxylic acids is 1. The SMILES string of the molecule is CC(=O)Nc1nc(-c2cccc([N+](=O)[O-])c2)cc2c1c(=O)oc1ccccc12. The van der Waals surface area contributed by atoms with Gasteiger partial charge in [0.25, 0.3) is 5.69 Å². The Hall–Kier alpha value is -4.07. The van der Waals surface area contributed by atoms with Gasteiger partial charge in [-0.25, -0.2) is 9.78 Å². The molecule has 0 aliphatic rings. The summed E-state index contributed by atoms with van der Waals surface area (Å²) < 4.78 is 5.36. The van der Waals surface area contributed by atoms with Gasteiger partial charge in [0, 0.05) is 35.4 Å². The average Bonchev–Trinajstić information content (AvgIpc) is 2.67. The Kier molecular flexibility index (Phi) is 4.08. The number of carbonyl (C=O) groups is 1. The summed E-state index contributed by atoms with van der Waals surface area (Å²) in [6.45, 7) is 1.30. The molecule has 0 spiro atoms. The van der Waals surface area contributed by atoms with Gasteiger partial charge >= 0.3 is 5.63 Å². The number of hydrogen-bond donors (Lipinski definition) is 1. The summed E-state index contributed by atoms with van der Waals surface area (Å²) in [5, 5.41) is 15.0. The van der Waals surface area contributed by atoms with E-state index < -0.39 is 16.5 Å². The lowest BCUT2D eigenvalue weighted by Crippen LogP contribution is -2.12. The van der Waals surface area contributed by atoms with Gasteiger partial charge in [-0.1, -0.05) is 30.3 Å². The fourth-order valence-electron chi connectivity index (χ4n) is 3.08. The predicted octanol–water partition coefficient (Wildman–Crippen LogP) is 3.87. The van der Waals surface area contributed by atoms with Gasteiger partial charge in [0.15, 0.2) is 0 Å². The van der Waals surface area contributed by atoms with Crippen molar-refractivity contribution in [3.8, 4) is 11.3 Å². The van der Waals surface area contributed by atoms with Crippen LogP contribution in [0.1, 0.15) is 6.92 Å². The summed E-state index contributed by atoms with van der Waals surface area (Å²) in [6, 6.07) is 14.7. The molecule has 28 heavy (non-hydrogen) atoms. The van der Waals surface area contributed by atoms with Gasteiger partial charge < -0.3 is 9.73 Å². The highest BCUT2D eigenvalue weighted by Gasteiger charge is 2.17. The van der Waals surface area contributed by atoms with Crippen LogP contribution in [0.5, 0.6) is 0 Å². The minimum Gasteiger partial charge on any atom is -0.422 e. The monoisotopic (exact) mass is 375 g/mol. The summed E-state index contributed by atoms with van der Waals surface area (Å²) in [6.07, 6.45) is 0. The topological polar surface area (TPSA) is 115 Å².